The smallest absolute Gasteiger partial charge is 0.286 e. The van der Waals surface area contributed by atoms with Gasteiger partial charge in [0.15, 0.2) is 11.5 Å². The fourth-order valence-corrected chi connectivity index (χ4v) is 4.92. The summed E-state index contributed by atoms with van der Waals surface area (Å²) in [6, 6.07) is 6.65. The Morgan fingerprint density at radius 3 is 2.34 bits per heavy atom. The zero-order valence-corrected chi connectivity index (χ0v) is 18.1. The van der Waals surface area contributed by atoms with Crippen LogP contribution in [0.4, 0.5) is 5.82 Å². The van der Waals surface area contributed by atoms with Crippen molar-refractivity contribution in [3.05, 3.63) is 35.5 Å². The van der Waals surface area contributed by atoms with E-state index in [2.05, 4.69) is 15.6 Å². The Bertz CT molecular complexity index is 943. The molecule has 8 nitrogen and oxygen atoms in total. The van der Waals surface area contributed by atoms with E-state index < -0.39 is 10.0 Å². The molecule has 1 aromatic heterocycles. The molecule has 1 fully saturated rings. The van der Waals surface area contributed by atoms with Crippen molar-refractivity contribution in [2.45, 2.75) is 63.8 Å². The lowest BCUT2D eigenvalue weighted by molar-refractivity contribution is 0.0923. The number of carbonyl (C=O) groups excluding carboxylic acids is 1. The van der Waals surface area contributed by atoms with E-state index in [4.69, 9.17) is 0 Å². The largest absolute Gasteiger partial charge is 0.354 e. The number of benzene rings is 1. The molecule has 0 unspecified atom stereocenters. The number of hydrogen-bond donors (Lipinski definition) is 1. The second-order valence-corrected chi connectivity index (χ2v) is 9.17. The Morgan fingerprint density at radius 2 is 1.76 bits per heavy atom. The molecule has 0 spiro atoms. The molecule has 0 bridgehead atoms. The van der Waals surface area contributed by atoms with Crippen LogP contribution >= 0.6 is 0 Å². The van der Waals surface area contributed by atoms with Crippen LogP contribution in [-0.4, -0.2) is 47.9 Å². The van der Waals surface area contributed by atoms with Crippen LogP contribution in [0.3, 0.4) is 0 Å². The van der Waals surface area contributed by atoms with Gasteiger partial charge in [-0.05, 0) is 51.0 Å². The maximum atomic E-state index is 13.2. The third kappa shape index (κ3) is 4.44. The van der Waals surface area contributed by atoms with Gasteiger partial charge in [0.25, 0.3) is 15.9 Å². The van der Waals surface area contributed by atoms with Crippen molar-refractivity contribution in [3.63, 3.8) is 0 Å². The first-order valence-electron chi connectivity index (χ1n) is 10.2. The van der Waals surface area contributed by atoms with Crippen molar-refractivity contribution in [3.8, 4) is 0 Å². The van der Waals surface area contributed by atoms with Gasteiger partial charge in [-0.25, -0.2) is 0 Å². The second-order valence-electron chi connectivity index (χ2n) is 7.40. The van der Waals surface area contributed by atoms with E-state index in [1.165, 1.54) is 6.42 Å². The highest BCUT2D eigenvalue weighted by atomic mass is 32.2. The number of rotatable bonds is 7. The van der Waals surface area contributed by atoms with Gasteiger partial charge in [0.2, 0.25) is 0 Å². The SMILES string of the molecule is CCN(CC)c1c(C(=O)NC2CCCCC2)nnn1S(=O)(=O)c1ccc(C)cc1. The highest BCUT2D eigenvalue weighted by Gasteiger charge is 2.31. The number of carbonyl (C=O) groups is 1. The summed E-state index contributed by atoms with van der Waals surface area (Å²) in [5, 5.41) is 10.9. The summed E-state index contributed by atoms with van der Waals surface area (Å²) in [5.74, 6) is -0.159. The Labute approximate surface area is 172 Å². The Balaban J connectivity index is 2.01. The molecule has 0 radical (unpaired) electrons. The first-order valence-corrected chi connectivity index (χ1v) is 11.7. The molecule has 1 aromatic carbocycles. The van der Waals surface area contributed by atoms with Gasteiger partial charge in [-0.1, -0.05) is 37.0 Å². The van der Waals surface area contributed by atoms with Gasteiger partial charge in [0.05, 0.1) is 4.90 Å². The van der Waals surface area contributed by atoms with Crippen molar-refractivity contribution in [2.75, 3.05) is 18.0 Å². The average Bonchev–Trinajstić information content (AvgIpc) is 3.16. The normalized spacial score (nSPS) is 15.3. The molecule has 3 rings (SSSR count). The summed E-state index contributed by atoms with van der Waals surface area (Å²) in [6.45, 7) is 6.75. The van der Waals surface area contributed by atoms with Gasteiger partial charge in [0, 0.05) is 19.1 Å². The fourth-order valence-electron chi connectivity index (χ4n) is 3.68. The van der Waals surface area contributed by atoms with E-state index >= 15 is 0 Å². The minimum absolute atomic E-state index is 0.0509. The molecule has 1 N–H and O–H groups in total. The lowest BCUT2D eigenvalue weighted by Crippen LogP contribution is -2.38. The molecule has 9 heteroatoms. The van der Waals surface area contributed by atoms with Crippen molar-refractivity contribution in [1.82, 2.24) is 19.7 Å². The Hall–Kier alpha value is -2.42. The third-order valence-corrected chi connectivity index (χ3v) is 6.95. The molecule has 1 amide bonds. The maximum absolute atomic E-state index is 13.2. The molecular weight excluding hydrogens is 390 g/mol. The minimum Gasteiger partial charge on any atom is -0.354 e. The predicted molar refractivity (Wildman–Crippen MR) is 112 cm³/mol. The summed E-state index contributed by atoms with van der Waals surface area (Å²) in [6.07, 6.45) is 5.22. The Morgan fingerprint density at radius 1 is 1.14 bits per heavy atom. The Kier molecular flexibility index (Phi) is 6.56. The molecule has 1 heterocycles. The van der Waals surface area contributed by atoms with Gasteiger partial charge in [-0.3, -0.25) is 4.79 Å². The van der Waals surface area contributed by atoms with Crippen LogP contribution in [0.1, 0.15) is 62.0 Å². The molecule has 1 saturated carbocycles. The maximum Gasteiger partial charge on any atom is 0.286 e. The number of amides is 1. The number of aryl methyl sites for hydroxylation is 1. The van der Waals surface area contributed by atoms with Crippen LogP contribution in [0.5, 0.6) is 0 Å². The van der Waals surface area contributed by atoms with E-state index in [1.807, 2.05) is 20.8 Å². The molecule has 0 aliphatic heterocycles. The second kappa shape index (κ2) is 8.94. The van der Waals surface area contributed by atoms with E-state index in [-0.39, 0.29) is 28.4 Å². The van der Waals surface area contributed by atoms with Crippen LogP contribution in [0.25, 0.3) is 0 Å². The summed E-state index contributed by atoms with van der Waals surface area (Å²) < 4.78 is 27.3. The van der Waals surface area contributed by atoms with Crippen LogP contribution in [-0.2, 0) is 10.0 Å². The molecule has 158 valence electrons. The molecule has 0 atom stereocenters. The van der Waals surface area contributed by atoms with Crippen LogP contribution < -0.4 is 10.2 Å². The molecule has 1 aliphatic carbocycles. The average molecular weight is 420 g/mol. The van der Waals surface area contributed by atoms with Crippen molar-refractivity contribution in [2.24, 2.45) is 0 Å². The van der Waals surface area contributed by atoms with Crippen molar-refractivity contribution >= 4 is 21.7 Å². The molecule has 29 heavy (non-hydrogen) atoms. The lowest BCUT2D eigenvalue weighted by atomic mass is 9.95. The van der Waals surface area contributed by atoms with Crippen LogP contribution in [0.2, 0.25) is 0 Å². The van der Waals surface area contributed by atoms with Crippen LogP contribution in [0, 0.1) is 6.92 Å². The zero-order chi connectivity index (χ0) is 21.0. The number of nitrogens with zero attached hydrogens (tertiary/aromatic N) is 4. The molecule has 0 saturated heterocycles. The van der Waals surface area contributed by atoms with E-state index in [1.54, 1.807) is 29.2 Å². The van der Waals surface area contributed by atoms with Crippen molar-refractivity contribution < 1.29 is 13.2 Å². The summed E-state index contributed by atoms with van der Waals surface area (Å²) in [5.41, 5.74) is 1.01. The quantitative estimate of drug-likeness (QED) is 0.741. The number of hydrogen-bond acceptors (Lipinski definition) is 6. The highest BCUT2D eigenvalue weighted by molar-refractivity contribution is 7.90. The highest BCUT2D eigenvalue weighted by Crippen LogP contribution is 2.25. The minimum atomic E-state index is -3.98. The standard InChI is InChI=1S/C20H29N5O3S/c1-4-24(5-2)20-18(19(26)21-16-9-7-6-8-10-16)22-23-25(20)29(27,28)17-13-11-15(3)12-14-17/h11-14,16H,4-10H2,1-3H3,(H,21,26). The van der Waals surface area contributed by atoms with E-state index in [9.17, 15) is 13.2 Å². The molecule has 2 aromatic rings. The zero-order valence-electron chi connectivity index (χ0n) is 17.3. The fraction of sp³-hybridized carbons (Fsp3) is 0.550. The number of nitrogens with one attached hydrogen (secondary N) is 1. The predicted octanol–water partition coefficient (Wildman–Crippen LogP) is 2.73. The van der Waals surface area contributed by atoms with Gasteiger partial charge >= 0.3 is 0 Å². The van der Waals surface area contributed by atoms with E-state index in [0.717, 1.165) is 35.3 Å². The topological polar surface area (TPSA) is 97.2 Å². The third-order valence-electron chi connectivity index (χ3n) is 5.38. The molecular formula is C20H29N5O3S. The number of anilines is 1. The lowest BCUT2D eigenvalue weighted by Gasteiger charge is -2.24. The first-order chi connectivity index (χ1) is 13.9. The van der Waals surface area contributed by atoms with Gasteiger partial charge in [-0.15, -0.1) is 9.19 Å². The first kappa shape index (κ1) is 21.3. The van der Waals surface area contributed by atoms with Gasteiger partial charge < -0.3 is 10.2 Å². The summed E-state index contributed by atoms with van der Waals surface area (Å²) in [7, 11) is -3.98. The summed E-state index contributed by atoms with van der Waals surface area (Å²) in [4.78, 5) is 14.8. The van der Waals surface area contributed by atoms with E-state index in [0.29, 0.717) is 13.1 Å². The van der Waals surface area contributed by atoms with Crippen molar-refractivity contribution in [1.29, 1.82) is 0 Å². The van der Waals surface area contributed by atoms with Gasteiger partial charge in [-0.2, -0.15) is 8.42 Å². The summed E-state index contributed by atoms with van der Waals surface area (Å²) >= 11 is 0. The van der Waals surface area contributed by atoms with Gasteiger partial charge in [0.1, 0.15) is 0 Å². The molecule has 1 aliphatic rings. The monoisotopic (exact) mass is 419 g/mol. The number of aromatic nitrogens is 3. The van der Waals surface area contributed by atoms with Crippen LogP contribution in [0.15, 0.2) is 29.2 Å².